The van der Waals surface area contributed by atoms with E-state index in [9.17, 15) is 9.59 Å². The highest BCUT2D eigenvalue weighted by atomic mass is 28.3. The third-order valence-electron chi connectivity index (χ3n) is 7.88. The molecule has 0 aromatic carbocycles. The number of nitrogens with one attached hydrogen (secondary N) is 2. The molecule has 0 saturated carbocycles. The molecule has 2 aliphatic heterocycles. The summed E-state index contributed by atoms with van der Waals surface area (Å²) in [6.45, 7) is 6.59. The van der Waals surface area contributed by atoms with Crippen LogP contribution in [0.4, 0.5) is 0 Å². The van der Waals surface area contributed by atoms with E-state index in [4.69, 9.17) is 19.4 Å². The second-order valence-electron chi connectivity index (χ2n) is 12.3. The second-order valence-corrected chi connectivity index (χ2v) is 17.1. The van der Waals surface area contributed by atoms with Gasteiger partial charge >= 0.3 is 11.9 Å². The normalized spacial score (nSPS) is 12.1. The smallest absolute Gasteiger partial charge is 0.305 e. The molecule has 2 N–H and O–H groups in total. The molecular formula is C36H36N6O4Si. The minimum Gasteiger partial charge on any atom is -0.469 e. The van der Waals surface area contributed by atoms with Gasteiger partial charge in [-0.3, -0.25) is 9.59 Å². The van der Waals surface area contributed by atoms with Gasteiger partial charge in [0, 0.05) is 47.4 Å². The van der Waals surface area contributed by atoms with Crippen molar-refractivity contribution >= 4 is 66.4 Å². The molecule has 4 aromatic heterocycles. The van der Waals surface area contributed by atoms with Gasteiger partial charge in [-0.1, -0.05) is 25.6 Å². The van der Waals surface area contributed by atoms with E-state index in [1.807, 2.05) is 59.3 Å². The van der Waals surface area contributed by atoms with Gasteiger partial charge in [0.1, 0.15) is 8.07 Å². The van der Waals surface area contributed by atoms with E-state index in [1.54, 1.807) is 12.5 Å². The van der Waals surface area contributed by atoms with Crippen molar-refractivity contribution in [2.45, 2.75) is 45.3 Å². The van der Waals surface area contributed by atoms with E-state index in [1.165, 1.54) is 14.2 Å². The lowest BCUT2D eigenvalue weighted by Gasteiger charge is -2.05. The first-order valence-corrected chi connectivity index (χ1v) is 18.9. The molecule has 47 heavy (non-hydrogen) atoms. The number of carbonyl (C=O) groups is 2. The fraction of sp³-hybridized carbons (Fsp3) is 0.250. The Morgan fingerprint density at radius 3 is 1.70 bits per heavy atom. The summed E-state index contributed by atoms with van der Waals surface area (Å²) in [5.74, 6) is 2.84. The van der Waals surface area contributed by atoms with E-state index in [0.29, 0.717) is 24.2 Å². The molecule has 0 spiro atoms. The number of aromatic amines is 2. The van der Waals surface area contributed by atoms with Gasteiger partial charge in [-0.15, -0.1) is 5.54 Å². The van der Waals surface area contributed by atoms with Gasteiger partial charge in [-0.25, -0.2) is 15.0 Å². The van der Waals surface area contributed by atoms with Crippen LogP contribution in [0, 0.1) is 11.5 Å². The number of imidazole rings is 1. The quantitative estimate of drug-likeness (QED) is 0.119. The van der Waals surface area contributed by atoms with Crippen molar-refractivity contribution in [3.8, 4) is 17.2 Å². The number of carbonyl (C=O) groups excluding carboxylic acids is 2. The van der Waals surface area contributed by atoms with Crippen molar-refractivity contribution < 1.29 is 19.1 Å². The molecular weight excluding hydrogens is 609 g/mol. The standard InChI is InChI=1S/C36H36N6O4Si/c1-45-34(43)16-6-23-26-8-10-30(38-26)25(18-21-47(3,4)5)31-11-9-27(39-31)24(7-17-35(44)46-2)29-13-15-33(41-29)36(42-20-19-37-22-42)32-14-12-28(23)40-32/h8-15,19-20,22,40-41H,6-7,16-17H2,1-5H3. The topological polar surface area (TPSA) is 128 Å². The highest BCUT2D eigenvalue weighted by Gasteiger charge is 2.18. The average Bonchev–Trinajstić information content (AvgIpc) is 3.88. The zero-order valence-corrected chi connectivity index (χ0v) is 28.1. The van der Waals surface area contributed by atoms with Crippen LogP contribution in [-0.4, -0.2) is 63.7 Å². The summed E-state index contributed by atoms with van der Waals surface area (Å²) in [6, 6.07) is 8.02. The molecule has 6 heterocycles. The molecule has 0 radical (unpaired) electrons. The van der Waals surface area contributed by atoms with Crippen molar-refractivity contribution in [1.29, 1.82) is 0 Å². The Balaban J connectivity index is 1.74. The van der Waals surface area contributed by atoms with Crippen LogP contribution in [0.5, 0.6) is 0 Å². The number of aryl methyl sites for hydroxylation is 2. The number of hydrogen-bond donors (Lipinski definition) is 2. The molecule has 6 rings (SSSR count). The lowest BCUT2D eigenvalue weighted by Crippen LogP contribution is -2.16. The summed E-state index contributed by atoms with van der Waals surface area (Å²) in [5.41, 5.74) is 13.0. The van der Waals surface area contributed by atoms with E-state index in [-0.39, 0.29) is 24.8 Å². The lowest BCUT2D eigenvalue weighted by molar-refractivity contribution is -0.141. The van der Waals surface area contributed by atoms with Crippen molar-refractivity contribution in [3.63, 3.8) is 0 Å². The Morgan fingerprint density at radius 1 is 0.766 bits per heavy atom. The number of fused-ring (bicyclic) bond motifs is 8. The van der Waals surface area contributed by atoms with Crippen LogP contribution in [0.2, 0.25) is 19.6 Å². The third-order valence-corrected chi connectivity index (χ3v) is 8.76. The fourth-order valence-corrected chi connectivity index (χ4v) is 6.04. The summed E-state index contributed by atoms with van der Waals surface area (Å²) in [6.07, 6.45) is 14.4. The third kappa shape index (κ3) is 6.88. The van der Waals surface area contributed by atoms with Crippen LogP contribution in [0.25, 0.3) is 52.1 Å². The molecule has 0 atom stereocenters. The highest BCUT2D eigenvalue weighted by Crippen LogP contribution is 2.29. The highest BCUT2D eigenvalue weighted by molar-refractivity contribution is 6.83. The number of nitrogens with zero attached hydrogens (tertiary/aromatic N) is 4. The predicted molar refractivity (Wildman–Crippen MR) is 187 cm³/mol. The molecule has 10 nitrogen and oxygen atoms in total. The van der Waals surface area contributed by atoms with E-state index in [2.05, 4.69) is 46.1 Å². The van der Waals surface area contributed by atoms with E-state index in [0.717, 1.165) is 55.8 Å². The maximum atomic E-state index is 12.3. The summed E-state index contributed by atoms with van der Waals surface area (Å²) < 4.78 is 11.9. The molecule has 0 saturated heterocycles. The molecule has 0 unspecified atom stereocenters. The number of methoxy groups -OCH3 is 2. The molecule has 0 aliphatic carbocycles. The monoisotopic (exact) mass is 644 g/mol. The van der Waals surface area contributed by atoms with Crippen LogP contribution in [-0.2, 0) is 31.9 Å². The van der Waals surface area contributed by atoms with Crippen molar-refractivity contribution in [2.75, 3.05) is 14.2 Å². The van der Waals surface area contributed by atoms with Gasteiger partial charge in [0.15, 0.2) is 0 Å². The second kappa shape index (κ2) is 13.1. The summed E-state index contributed by atoms with van der Waals surface area (Å²) in [5, 5.41) is 0. The Kier molecular flexibility index (Phi) is 8.78. The zero-order chi connectivity index (χ0) is 33.1. The molecule has 0 fully saturated rings. The van der Waals surface area contributed by atoms with Crippen molar-refractivity contribution in [1.82, 2.24) is 29.5 Å². The SMILES string of the molecule is COC(=O)CCc1c2nc(c(C#C[Si](C)(C)C)c3nc(c(CCC(=O)OC)c4ccc([nH]4)c(-n4ccnc4)c4ccc1[nH]4)C=C3)C=C2. The van der Waals surface area contributed by atoms with Crippen LogP contribution < -0.4 is 0 Å². The minimum absolute atomic E-state index is 0.199. The van der Waals surface area contributed by atoms with Crippen LogP contribution >= 0.6 is 0 Å². The average molecular weight is 645 g/mol. The first kappa shape index (κ1) is 31.5. The van der Waals surface area contributed by atoms with Crippen LogP contribution in [0.1, 0.15) is 52.3 Å². The predicted octanol–water partition coefficient (Wildman–Crippen LogP) is 6.28. The van der Waals surface area contributed by atoms with Crippen molar-refractivity contribution in [3.05, 3.63) is 82.5 Å². The van der Waals surface area contributed by atoms with E-state index >= 15 is 0 Å². The van der Waals surface area contributed by atoms with Gasteiger partial charge < -0.3 is 24.0 Å². The van der Waals surface area contributed by atoms with Crippen LogP contribution in [0.15, 0.2) is 43.0 Å². The van der Waals surface area contributed by atoms with Gasteiger partial charge in [0.2, 0.25) is 0 Å². The van der Waals surface area contributed by atoms with Gasteiger partial charge in [-0.05, 0) is 61.4 Å². The Labute approximate surface area is 273 Å². The molecule has 238 valence electrons. The molecule has 8 bridgehead atoms. The number of hydrogen-bond acceptors (Lipinski definition) is 7. The number of rotatable bonds is 7. The Bertz CT molecular complexity index is 2040. The summed E-state index contributed by atoms with van der Waals surface area (Å²) in [4.78, 5) is 46.2. The Hall–Kier alpha value is -5.47. The minimum atomic E-state index is -1.76. The number of esters is 2. The summed E-state index contributed by atoms with van der Waals surface area (Å²) in [7, 11) is 1.03. The van der Waals surface area contributed by atoms with Crippen LogP contribution in [0.3, 0.4) is 0 Å². The fourth-order valence-electron chi connectivity index (χ4n) is 5.54. The maximum Gasteiger partial charge on any atom is 0.305 e. The number of aromatic nitrogens is 6. The van der Waals surface area contributed by atoms with E-state index < -0.39 is 8.07 Å². The van der Waals surface area contributed by atoms with Crippen molar-refractivity contribution in [2.24, 2.45) is 0 Å². The molecule has 4 aromatic rings. The van der Waals surface area contributed by atoms with Gasteiger partial charge in [0.05, 0.1) is 65.6 Å². The number of ether oxygens (including phenoxy) is 2. The first-order chi connectivity index (χ1) is 22.6. The number of H-pyrrole nitrogens is 2. The lowest BCUT2D eigenvalue weighted by atomic mass is 10.1. The largest absolute Gasteiger partial charge is 0.469 e. The maximum absolute atomic E-state index is 12.3. The zero-order valence-electron chi connectivity index (χ0n) is 27.1. The van der Waals surface area contributed by atoms with Gasteiger partial charge in [-0.2, -0.15) is 0 Å². The first-order valence-electron chi connectivity index (χ1n) is 15.4. The Morgan fingerprint density at radius 2 is 1.26 bits per heavy atom. The molecule has 2 aliphatic rings. The molecule has 0 amide bonds. The summed E-state index contributed by atoms with van der Waals surface area (Å²) >= 11 is 0. The van der Waals surface area contributed by atoms with Gasteiger partial charge in [0.25, 0.3) is 0 Å². The molecule has 11 heteroatoms.